The zero-order valence-electron chi connectivity index (χ0n) is 9.07. The normalized spacial score (nSPS) is 12.0. The third-order valence-electron chi connectivity index (χ3n) is 1.92. The summed E-state index contributed by atoms with van der Waals surface area (Å²) in [6.45, 7) is 7.59. The van der Waals surface area contributed by atoms with Gasteiger partial charge in [0.25, 0.3) is 0 Å². The first-order valence-electron chi connectivity index (χ1n) is 4.74. The van der Waals surface area contributed by atoms with Gasteiger partial charge in [-0.3, -0.25) is 0 Å². The predicted molar refractivity (Wildman–Crippen MR) is 64.2 cm³/mol. The van der Waals surface area contributed by atoms with E-state index in [0.29, 0.717) is 5.82 Å². The summed E-state index contributed by atoms with van der Waals surface area (Å²) < 4.78 is 0. The summed E-state index contributed by atoms with van der Waals surface area (Å²) in [6.07, 6.45) is 7.54. The van der Waals surface area contributed by atoms with Crippen LogP contribution in [0.3, 0.4) is 0 Å². The van der Waals surface area contributed by atoms with E-state index >= 15 is 0 Å². The number of allylic oxidation sites excluding steroid dienone is 5. The minimum Gasteiger partial charge on any atom is -0.382 e. The molecule has 0 bridgehead atoms. The van der Waals surface area contributed by atoms with E-state index in [0.717, 1.165) is 16.8 Å². The Kier molecular flexibility index (Phi) is 3.80. The summed E-state index contributed by atoms with van der Waals surface area (Å²) >= 11 is 0. The lowest BCUT2D eigenvalue weighted by Crippen LogP contribution is -1.99. The Hall–Kier alpha value is -1.90. The quantitative estimate of drug-likeness (QED) is 0.764. The zero-order valence-corrected chi connectivity index (χ0v) is 9.07. The molecule has 15 heavy (non-hydrogen) atoms. The number of nitrogen functional groups attached to an aromatic ring is 1. The van der Waals surface area contributed by atoms with E-state index < -0.39 is 0 Å². The molecular weight excluding hydrogens is 186 g/mol. The fourth-order valence-corrected chi connectivity index (χ4v) is 1.31. The van der Waals surface area contributed by atoms with Gasteiger partial charge in [-0.25, -0.2) is 0 Å². The molecule has 0 saturated carbocycles. The van der Waals surface area contributed by atoms with E-state index in [1.165, 1.54) is 0 Å². The maximum Gasteiger partial charge on any atom is 0.146 e. The summed E-state index contributed by atoms with van der Waals surface area (Å²) in [5, 5.41) is 7.92. The highest BCUT2D eigenvalue weighted by molar-refractivity contribution is 5.74. The molecule has 0 aliphatic carbocycles. The molecule has 0 aromatic carbocycles. The van der Waals surface area contributed by atoms with Crippen molar-refractivity contribution in [1.29, 1.82) is 0 Å². The van der Waals surface area contributed by atoms with Gasteiger partial charge in [-0.15, -0.1) is 10.2 Å². The molecule has 0 fully saturated rings. The smallest absolute Gasteiger partial charge is 0.146 e. The molecule has 1 aromatic rings. The molecule has 0 aliphatic heterocycles. The van der Waals surface area contributed by atoms with Crippen molar-refractivity contribution in [3.05, 3.63) is 48.2 Å². The topological polar surface area (TPSA) is 51.8 Å². The van der Waals surface area contributed by atoms with Gasteiger partial charge in [0.05, 0.1) is 5.69 Å². The number of nitrogens with zero attached hydrogens (tertiary/aromatic N) is 2. The Morgan fingerprint density at radius 1 is 1.47 bits per heavy atom. The van der Waals surface area contributed by atoms with Gasteiger partial charge in [-0.05, 0) is 25.5 Å². The van der Waals surface area contributed by atoms with Gasteiger partial charge in [0.15, 0.2) is 0 Å². The maximum atomic E-state index is 5.54. The second-order valence-corrected chi connectivity index (χ2v) is 3.16. The van der Waals surface area contributed by atoms with E-state index in [-0.39, 0.29) is 0 Å². The third kappa shape index (κ3) is 2.77. The van der Waals surface area contributed by atoms with Gasteiger partial charge < -0.3 is 5.73 Å². The zero-order chi connectivity index (χ0) is 11.3. The molecule has 2 N–H and O–H groups in total. The highest BCUT2D eigenvalue weighted by Crippen LogP contribution is 2.18. The van der Waals surface area contributed by atoms with Gasteiger partial charge >= 0.3 is 0 Å². The SMILES string of the molecule is C=C/C=C(\C=C/C)c1nnc(N)cc1C. The first kappa shape index (κ1) is 11.2. The van der Waals surface area contributed by atoms with Crippen LogP contribution in [0.2, 0.25) is 0 Å². The van der Waals surface area contributed by atoms with Crippen LogP contribution in [0.4, 0.5) is 5.82 Å². The minimum absolute atomic E-state index is 0.440. The monoisotopic (exact) mass is 201 g/mol. The van der Waals surface area contributed by atoms with Crippen LogP contribution in [-0.4, -0.2) is 10.2 Å². The predicted octanol–water partition coefficient (Wildman–Crippen LogP) is 2.51. The highest BCUT2D eigenvalue weighted by atomic mass is 15.1. The van der Waals surface area contributed by atoms with Gasteiger partial charge in [-0.1, -0.05) is 30.9 Å². The van der Waals surface area contributed by atoms with Gasteiger partial charge in [-0.2, -0.15) is 0 Å². The average Bonchev–Trinajstić information content (AvgIpc) is 2.17. The first-order valence-corrected chi connectivity index (χ1v) is 4.74. The van der Waals surface area contributed by atoms with Gasteiger partial charge in [0.2, 0.25) is 0 Å². The standard InChI is InChI=1S/C12H15N3/c1-4-6-10(7-5-2)12-9(3)8-11(13)14-15-12/h4-8H,1H2,2-3H3,(H2,13,14)/b7-5-,10-6+. The van der Waals surface area contributed by atoms with E-state index in [2.05, 4.69) is 16.8 Å². The van der Waals surface area contributed by atoms with Crippen molar-refractivity contribution in [3.8, 4) is 0 Å². The second-order valence-electron chi connectivity index (χ2n) is 3.16. The number of nitrogens with two attached hydrogens (primary N) is 1. The molecule has 3 heteroatoms. The summed E-state index contributed by atoms with van der Waals surface area (Å²) in [4.78, 5) is 0. The van der Waals surface area contributed by atoms with Crippen LogP contribution in [0.1, 0.15) is 18.2 Å². The molecule has 0 spiro atoms. The molecule has 0 radical (unpaired) electrons. The van der Waals surface area contributed by atoms with Crippen molar-refractivity contribution >= 4 is 11.4 Å². The molecule has 78 valence electrons. The summed E-state index contributed by atoms with van der Waals surface area (Å²) in [7, 11) is 0. The van der Waals surface area contributed by atoms with E-state index in [4.69, 9.17) is 5.73 Å². The first-order chi connectivity index (χ1) is 7.19. The number of hydrogen-bond donors (Lipinski definition) is 1. The lowest BCUT2D eigenvalue weighted by atomic mass is 10.1. The Morgan fingerprint density at radius 2 is 2.20 bits per heavy atom. The number of aromatic nitrogens is 2. The summed E-state index contributed by atoms with van der Waals surface area (Å²) in [6, 6.07) is 1.81. The summed E-state index contributed by atoms with van der Waals surface area (Å²) in [5.74, 6) is 0.440. The fourth-order valence-electron chi connectivity index (χ4n) is 1.31. The molecule has 1 rings (SSSR count). The van der Waals surface area contributed by atoms with Crippen LogP contribution >= 0.6 is 0 Å². The number of anilines is 1. The van der Waals surface area contributed by atoms with Crippen LogP contribution < -0.4 is 5.73 Å². The molecule has 0 aliphatic rings. The molecule has 0 unspecified atom stereocenters. The fraction of sp³-hybridized carbons (Fsp3) is 0.167. The Balaban J connectivity index is 3.23. The number of hydrogen-bond acceptors (Lipinski definition) is 3. The van der Waals surface area contributed by atoms with Crippen molar-refractivity contribution in [2.45, 2.75) is 13.8 Å². The number of rotatable bonds is 3. The van der Waals surface area contributed by atoms with Crippen molar-refractivity contribution in [2.24, 2.45) is 0 Å². The van der Waals surface area contributed by atoms with E-state index in [9.17, 15) is 0 Å². The summed E-state index contributed by atoms with van der Waals surface area (Å²) in [5.41, 5.74) is 8.37. The van der Waals surface area contributed by atoms with Crippen molar-refractivity contribution in [3.63, 3.8) is 0 Å². The average molecular weight is 201 g/mol. The molecule has 0 amide bonds. The minimum atomic E-state index is 0.440. The highest BCUT2D eigenvalue weighted by Gasteiger charge is 2.04. The lowest BCUT2D eigenvalue weighted by Gasteiger charge is -2.04. The Labute approximate surface area is 90.0 Å². The van der Waals surface area contributed by atoms with Crippen LogP contribution in [-0.2, 0) is 0 Å². The lowest BCUT2D eigenvalue weighted by molar-refractivity contribution is 1.00. The van der Waals surface area contributed by atoms with Crippen molar-refractivity contribution in [2.75, 3.05) is 5.73 Å². The Bertz CT molecular complexity index is 417. The van der Waals surface area contributed by atoms with Crippen LogP contribution in [0.5, 0.6) is 0 Å². The third-order valence-corrected chi connectivity index (χ3v) is 1.92. The number of aryl methyl sites for hydroxylation is 1. The maximum absolute atomic E-state index is 5.54. The molecule has 3 nitrogen and oxygen atoms in total. The molecular formula is C12H15N3. The van der Waals surface area contributed by atoms with E-state index in [1.54, 1.807) is 6.08 Å². The van der Waals surface area contributed by atoms with E-state index in [1.807, 2.05) is 38.1 Å². The van der Waals surface area contributed by atoms with Crippen molar-refractivity contribution in [1.82, 2.24) is 10.2 Å². The second kappa shape index (κ2) is 5.10. The van der Waals surface area contributed by atoms with Crippen LogP contribution in [0.25, 0.3) is 5.57 Å². The molecule has 1 heterocycles. The van der Waals surface area contributed by atoms with Gasteiger partial charge in [0.1, 0.15) is 5.82 Å². The van der Waals surface area contributed by atoms with Gasteiger partial charge in [0, 0.05) is 5.57 Å². The van der Waals surface area contributed by atoms with Crippen LogP contribution in [0.15, 0.2) is 36.9 Å². The van der Waals surface area contributed by atoms with Crippen molar-refractivity contribution < 1.29 is 0 Å². The largest absolute Gasteiger partial charge is 0.382 e. The molecule has 0 atom stereocenters. The molecule has 1 aromatic heterocycles. The Morgan fingerprint density at radius 3 is 2.73 bits per heavy atom. The molecule has 0 saturated heterocycles. The van der Waals surface area contributed by atoms with Crippen LogP contribution in [0, 0.1) is 6.92 Å².